The van der Waals surface area contributed by atoms with E-state index in [4.69, 9.17) is 4.99 Å². The number of amidine groups is 1. The summed E-state index contributed by atoms with van der Waals surface area (Å²) in [5.74, 6) is 1.08. The Balaban J connectivity index is 2.40. The second-order valence-electron chi connectivity index (χ2n) is 5.30. The molecular formula is C18H23BrN2S2. The van der Waals surface area contributed by atoms with E-state index in [1.807, 2.05) is 0 Å². The smallest absolute Gasteiger partial charge is 0.137 e. The summed E-state index contributed by atoms with van der Waals surface area (Å²) in [7, 11) is 0. The first-order valence-corrected chi connectivity index (χ1v) is 10.6. The Hall–Kier alpha value is -0.780. The lowest BCUT2D eigenvalue weighted by Crippen LogP contribution is -2.34. The third-order valence-corrected chi connectivity index (χ3v) is 6.55. The van der Waals surface area contributed by atoms with Gasteiger partial charge in [0.25, 0.3) is 0 Å². The van der Waals surface area contributed by atoms with E-state index >= 15 is 0 Å². The van der Waals surface area contributed by atoms with Gasteiger partial charge in [-0.15, -0.1) is 23.1 Å². The van der Waals surface area contributed by atoms with E-state index in [0.29, 0.717) is 0 Å². The van der Waals surface area contributed by atoms with Crippen LogP contribution >= 0.6 is 39.0 Å². The number of rotatable bonds is 5. The predicted molar refractivity (Wildman–Crippen MR) is 109 cm³/mol. The lowest BCUT2D eigenvalue weighted by Gasteiger charge is -2.29. The number of thiophene rings is 1. The minimum atomic E-state index is 0.881. The number of hydrogen-bond acceptors (Lipinski definition) is 3. The molecule has 0 saturated heterocycles. The number of thioether (sulfide) groups is 1. The van der Waals surface area contributed by atoms with Crippen molar-refractivity contribution in [1.82, 2.24) is 4.90 Å². The van der Waals surface area contributed by atoms with Gasteiger partial charge >= 0.3 is 0 Å². The van der Waals surface area contributed by atoms with Crippen molar-refractivity contribution in [3.63, 3.8) is 0 Å². The zero-order chi connectivity index (χ0) is 16.8. The minimum Gasteiger partial charge on any atom is -0.347 e. The van der Waals surface area contributed by atoms with Crippen LogP contribution < -0.4 is 0 Å². The molecule has 0 spiro atoms. The molecular weight excluding hydrogens is 388 g/mol. The molecule has 0 amide bonds. The van der Waals surface area contributed by atoms with E-state index in [1.54, 1.807) is 23.1 Å². The fourth-order valence-corrected chi connectivity index (χ4v) is 4.49. The number of hydrogen-bond donors (Lipinski definition) is 0. The van der Waals surface area contributed by atoms with E-state index in [1.165, 1.54) is 20.5 Å². The predicted octanol–water partition coefficient (Wildman–Crippen LogP) is 6.23. The molecule has 2 nitrogen and oxygen atoms in total. The Morgan fingerprint density at radius 3 is 2.87 bits per heavy atom. The van der Waals surface area contributed by atoms with Crippen LogP contribution in [0.2, 0.25) is 0 Å². The maximum absolute atomic E-state index is 5.02. The molecule has 1 aromatic rings. The second kappa shape index (κ2) is 8.90. The number of aliphatic imine (C=N–C) groups is 1. The average Bonchev–Trinajstić information content (AvgIpc) is 2.97. The van der Waals surface area contributed by atoms with Gasteiger partial charge in [-0.25, -0.2) is 4.99 Å². The molecule has 0 atom stereocenters. The number of nitrogens with zero attached hydrogens (tertiary/aromatic N) is 2. The molecule has 0 saturated carbocycles. The highest BCUT2D eigenvalue weighted by molar-refractivity contribution is 9.10. The van der Waals surface area contributed by atoms with Crippen LogP contribution in [-0.4, -0.2) is 23.5 Å². The summed E-state index contributed by atoms with van der Waals surface area (Å²) < 4.78 is 1.18. The van der Waals surface area contributed by atoms with Crippen molar-refractivity contribution in [3.05, 3.63) is 55.2 Å². The van der Waals surface area contributed by atoms with Crippen molar-refractivity contribution in [3.8, 4) is 0 Å². The number of halogens is 1. The van der Waals surface area contributed by atoms with Gasteiger partial charge in [0.1, 0.15) is 5.84 Å². The molecule has 1 aliphatic rings. The molecule has 0 N–H and O–H groups in total. The van der Waals surface area contributed by atoms with E-state index in [0.717, 1.165) is 30.4 Å². The minimum absolute atomic E-state index is 0.881. The van der Waals surface area contributed by atoms with Gasteiger partial charge in [-0.1, -0.05) is 25.2 Å². The Kier molecular flexibility index (Phi) is 7.18. The van der Waals surface area contributed by atoms with Crippen molar-refractivity contribution in [2.24, 2.45) is 4.99 Å². The highest BCUT2D eigenvalue weighted by Crippen LogP contribution is 2.28. The van der Waals surface area contributed by atoms with Crippen molar-refractivity contribution in [2.75, 3.05) is 12.8 Å². The molecule has 23 heavy (non-hydrogen) atoms. The zero-order valence-corrected chi connectivity index (χ0v) is 17.3. The first-order chi connectivity index (χ1) is 11.1. The van der Waals surface area contributed by atoms with Crippen LogP contribution in [0.4, 0.5) is 0 Å². The van der Waals surface area contributed by atoms with Crippen molar-refractivity contribution < 1.29 is 0 Å². The van der Waals surface area contributed by atoms with Crippen molar-refractivity contribution in [1.29, 1.82) is 0 Å². The van der Waals surface area contributed by atoms with Gasteiger partial charge in [0.2, 0.25) is 0 Å². The van der Waals surface area contributed by atoms with Crippen LogP contribution in [-0.2, 0) is 6.54 Å². The molecule has 0 aliphatic carbocycles. The van der Waals surface area contributed by atoms with Crippen molar-refractivity contribution in [2.45, 2.75) is 33.7 Å². The molecule has 5 heteroatoms. The summed E-state index contributed by atoms with van der Waals surface area (Å²) in [5, 5.41) is 3.26. The topological polar surface area (TPSA) is 15.6 Å². The van der Waals surface area contributed by atoms with E-state index in [9.17, 15) is 0 Å². The van der Waals surface area contributed by atoms with Gasteiger partial charge in [-0.05, 0) is 59.5 Å². The van der Waals surface area contributed by atoms with Crippen LogP contribution in [0.25, 0.3) is 0 Å². The second-order valence-corrected chi connectivity index (χ2v) is 7.95. The SMILES string of the molecule is CC=C1C=CCN(Cc2sccc2Br)C1=NC(SC)=C(C)CC. The first-order valence-electron chi connectivity index (χ1n) is 7.73. The molecule has 0 bridgehead atoms. The summed E-state index contributed by atoms with van der Waals surface area (Å²) in [4.78, 5) is 8.71. The molecule has 0 aromatic carbocycles. The van der Waals surface area contributed by atoms with Gasteiger partial charge in [-0.2, -0.15) is 0 Å². The molecule has 0 fully saturated rings. The van der Waals surface area contributed by atoms with Crippen LogP contribution in [0.15, 0.2) is 55.3 Å². The summed E-state index contributed by atoms with van der Waals surface area (Å²) >= 11 is 7.16. The highest BCUT2D eigenvalue weighted by atomic mass is 79.9. The lowest BCUT2D eigenvalue weighted by molar-refractivity contribution is 0.455. The van der Waals surface area contributed by atoms with Crippen molar-refractivity contribution >= 4 is 44.9 Å². The summed E-state index contributed by atoms with van der Waals surface area (Å²) in [6.45, 7) is 8.21. The lowest BCUT2D eigenvalue weighted by atomic mass is 10.1. The summed E-state index contributed by atoms with van der Waals surface area (Å²) in [6.07, 6.45) is 9.67. The standard InChI is InChI=1S/C18H23BrN2S2/c1-5-13(3)18(22-4)20-17-14(6-2)8-7-10-21(17)12-16-15(19)9-11-23-16/h6-9,11H,5,10,12H2,1-4H3. The van der Waals surface area contributed by atoms with Gasteiger partial charge in [-0.3, -0.25) is 0 Å². The normalized spacial score (nSPS) is 19.6. The Morgan fingerprint density at radius 1 is 1.52 bits per heavy atom. The summed E-state index contributed by atoms with van der Waals surface area (Å²) in [6, 6.07) is 2.11. The maximum Gasteiger partial charge on any atom is 0.137 e. The molecule has 1 aromatic heterocycles. The Bertz CT molecular complexity index is 668. The van der Waals surface area contributed by atoms with E-state index < -0.39 is 0 Å². The van der Waals surface area contributed by atoms with E-state index in [2.05, 4.69) is 77.5 Å². The third-order valence-electron chi connectivity index (χ3n) is 3.81. The van der Waals surface area contributed by atoms with Gasteiger partial charge in [0.05, 0.1) is 11.6 Å². The highest BCUT2D eigenvalue weighted by Gasteiger charge is 2.19. The monoisotopic (exact) mass is 410 g/mol. The fourth-order valence-electron chi connectivity index (χ4n) is 2.32. The fraction of sp³-hybridized carbons (Fsp3) is 0.389. The van der Waals surface area contributed by atoms with Gasteiger partial charge in [0, 0.05) is 21.5 Å². The zero-order valence-electron chi connectivity index (χ0n) is 14.1. The maximum atomic E-state index is 5.02. The molecule has 2 rings (SSSR count). The molecule has 2 heterocycles. The Morgan fingerprint density at radius 2 is 2.30 bits per heavy atom. The van der Waals surface area contributed by atoms with E-state index in [-0.39, 0.29) is 0 Å². The van der Waals surface area contributed by atoms with Crippen LogP contribution in [0.3, 0.4) is 0 Å². The molecule has 124 valence electrons. The van der Waals surface area contributed by atoms with Crippen LogP contribution in [0, 0.1) is 0 Å². The largest absolute Gasteiger partial charge is 0.347 e. The van der Waals surface area contributed by atoms with Crippen LogP contribution in [0.1, 0.15) is 32.1 Å². The Labute approximate surface area is 156 Å². The number of allylic oxidation sites excluding steroid dienone is 2. The molecule has 0 unspecified atom stereocenters. The average molecular weight is 411 g/mol. The van der Waals surface area contributed by atoms with Gasteiger partial charge in [0.15, 0.2) is 0 Å². The van der Waals surface area contributed by atoms with Crippen LogP contribution in [0.5, 0.6) is 0 Å². The third kappa shape index (κ3) is 4.61. The molecule has 0 radical (unpaired) electrons. The first kappa shape index (κ1) is 18.6. The summed E-state index contributed by atoms with van der Waals surface area (Å²) in [5.41, 5.74) is 2.53. The van der Waals surface area contributed by atoms with Gasteiger partial charge < -0.3 is 4.90 Å². The molecule has 1 aliphatic heterocycles. The quantitative estimate of drug-likeness (QED) is 0.571.